The van der Waals surface area contributed by atoms with E-state index in [9.17, 15) is 4.79 Å². The summed E-state index contributed by atoms with van der Waals surface area (Å²) in [6.45, 7) is 2.52. The molecule has 5 nitrogen and oxygen atoms in total. The van der Waals surface area contributed by atoms with Crippen molar-refractivity contribution in [3.63, 3.8) is 0 Å². The van der Waals surface area contributed by atoms with Crippen LogP contribution in [0.1, 0.15) is 36.9 Å². The fourth-order valence-corrected chi connectivity index (χ4v) is 5.02. The zero-order valence-electron chi connectivity index (χ0n) is 19.9. The standard InChI is InChI=1S/C30H28N4O/c1-22-16-18-23(19-17-22)27-20-26(34(31-27)25-12-6-3-7-13-25)21-32-28-14-8-9-15-29(28)33(30(32)35)24-10-4-2-5-11-24/h3,6-10,12-20H,2,4-5,11,21H2,1H3. The normalized spacial score (nSPS) is 13.8. The van der Waals surface area contributed by atoms with E-state index in [-0.39, 0.29) is 5.69 Å². The van der Waals surface area contributed by atoms with Crippen molar-refractivity contribution in [2.75, 3.05) is 0 Å². The zero-order valence-corrected chi connectivity index (χ0v) is 19.9. The highest BCUT2D eigenvalue weighted by Crippen LogP contribution is 2.27. The third-order valence-electron chi connectivity index (χ3n) is 6.84. The van der Waals surface area contributed by atoms with E-state index in [4.69, 9.17) is 5.10 Å². The smallest absolute Gasteiger partial charge is 0.286 e. The van der Waals surface area contributed by atoms with Gasteiger partial charge < -0.3 is 0 Å². The van der Waals surface area contributed by atoms with Crippen LogP contribution in [0.2, 0.25) is 0 Å². The van der Waals surface area contributed by atoms with Crippen LogP contribution in [-0.2, 0) is 6.54 Å². The lowest BCUT2D eigenvalue weighted by atomic mass is 10.0. The maximum atomic E-state index is 13.8. The SMILES string of the molecule is Cc1ccc(-c2cc(Cn3c(=O)n(C4=CCCCC4)c4ccccc43)n(-c3ccccc3)n2)cc1. The number of nitrogens with zero attached hydrogens (tertiary/aromatic N) is 4. The third kappa shape index (κ3) is 3.93. The molecule has 174 valence electrons. The summed E-state index contributed by atoms with van der Waals surface area (Å²) in [5.74, 6) is 0. The average Bonchev–Trinajstić information content (AvgIpc) is 3.45. The number of benzene rings is 3. The molecule has 0 saturated carbocycles. The molecule has 1 aliphatic rings. The van der Waals surface area contributed by atoms with Crippen molar-refractivity contribution < 1.29 is 0 Å². The molecule has 0 spiro atoms. The topological polar surface area (TPSA) is 44.8 Å². The van der Waals surface area contributed by atoms with Gasteiger partial charge in [-0.15, -0.1) is 0 Å². The fourth-order valence-electron chi connectivity index (χ4n) is 5.02. The highest BCUT2D eigenvalue weighted by atomic mass is 16.1. The molecule has 0 fully saturated rings. The second-order valence-corrected chi connectivity index (χ2v) is 9.27. The molecule has 2 heterocycles. The Kier molecular flexibility index (Phi) is 5.45. The molecule has 1 aliphatic carbocycles. The van der Waals surface area contributed by atoms with Crippen LogP contribution in [0.15, 0.2) is 95.8 Å². The molecule has 5 aromatic rings. The number of hydrogen-bond donors (Lipinski definition) is 0. The number of aromatic nitrogens is 4. The molecule has 0 unspecified atom stereocenters. The first-order valence-corrected chi connectivity index (χ1v) is 12.3. The highest BCUT2D eigenvalue weighted by molar-refractivity contribution is 5.80. The molecule has 6 rings (SSSR count). The molecule has 0 aliphatic heterocycles. The predicted molar refractivity (Wildman–Crippen MR) is 142 cm³/mol. The van der Waals surface area contributed by atoms with E-state index in [2.05, 4.69) is 49.4 Å². The van der Waals surface area contributed by atoms with Crippen molar-refractivity contribution in [3.05, 3.63) is 113 Å². The summed E-state index contributed by atoms with van der Waals surface area (Å²) in [5, 5.41) is 4.97. The van der Waals surface area contributed by atoms with E-state index < -0.39 is 0 Å². The maximum Gasteiger partial charge on any atom is 0.333 e. The van der Waals surface area contributed by atoms with Gasteiger partial charge in [0.15, 0.2) is 0 Å². The predicted octanol–water partition coefficient (Wildman–Crippen LogP) is 6.43. The Morgan fingerprint density at radius 3 is 2.34 bits per heavy atom. The van der Waals surface area contributed by atoms with Gasteiger partial charge in [0.05, 0.1) is 34.7 Å². The van der Waals surface area contributed by atoms with Crippen LogP contribution >= 0.6 is 0 Å². The molecule has 5 heteroatoms. The fraction of sp³-hybridized carbons (Fsp3) is 0.200. The van der Waals surface area contributed by atoms with Gasteiger partial charge in [0.25, 0.3) is 0 Å². The molecular weight excluding hydrogens is 432 g/mol. The van der Waals surface area contributed by atoms with Gasteiger partial charge >= 0.3 is 5.69 Å². The van der Waals surface area contributed by atoms with Gasteiger partial charge in [0.2, 0.25) is 0 Å². The summed E-state index contributed by atoms with van der Waals surface area (Å²) in [6, 6.07) is 28.8. The Morgan fingerprint density at radius 1 is 0.857 bits per heavy atom. The largest absolute Gasteiger partial charge is 0.333 e. The quantitative estimate of drug-likeness (QED) is 0.303. The first-order valence-electron chi connectivity index (χ1n) is 12.3. The number of para-hydroxylation sites is 3. The Hall–Kier alpha value is -4.12. The molecule has 0 radical (unpaired) electrons. The van der Waals surface area contributed by atoms with Crippen LogP contribution < -0.4 is 5.69 Å². The maximum absolute atomic E-state index is 13.8. The van der Waals surface area contributed by atoms with E-state index in [0.29, 0.717) is 6.54 Å². The van der Waals surface area contributed by atoms with Crippen LogP contribution in [0.4, 0.5) is 0 Å². The minimum atomic E-state index is 0.0112. The van der Waals surface area contributed by atoms with Crippen molar-refractivity contribution in [1.29, 1.82) is 0 Å². The lowest BCUT2D eigenvalue weighted by Gasteiger charge is -2.13. The van der Waals surface area contributed by atoms with Crippen molar-refractivity contribution in [2.24, 2.45) is 0 Å². The lowest BCUT2D eigenvalue weighted by Crippen LogP contribution is -2.25. The first-order chi connectivity index (χ1) is 17.2. The summed E-state index contributed by atoms with van der Waals surface area (Å²) in [7, 11) is 0. The molecule has 3 aromatic carbocycles. The van der Waals surface area contributed by atoms with E-state index in [1.54, 1.807) is 0 Å². The summed E-state index contributed by atoms with van der Waals surface area (Å²) < 4.78 is 5.77. The highest BCUT2D eigenvalue weighted by Gasteiger charge is 2.19. The Morgan fingerprint density at radius 2 is 1.60 bits per heavy atom. The van der Waals surface area contributed by atoms with Crippen LogP contribution in [0.5, 0.6) is 0 Å². The van der Waals surface area contributed by atoms with Crippen molar-refractivity contribution >= 4 is 16.7 Å². The van der Waals surface area contributed by atoms with E-state index >= 15 is 0 Å². The van der Waals surface area contributed by atoms with Crippen molar-refractivity contribution in [2.45, 2.75) is 39.2 Å². The van der Waals surface area contributed by atoms with Gasteiger partial charge in [-0.1, -0.05) is 66.2 Å². The molecular formula is C30H28N4O. The van der Waals surface area contributed by atoms with Crippen LogP contribution in [-0.4, -0.2) is 18.9 Å². The first kappa shape index (κ1) is 21.4. The number of hydrogen-bond acceptors (Lipinski definition) is 2. The number of fused-ring (bicyclic) bond motifs is 1. The monoisotopic (exact) mass is 460 g/mol. The van der Waals surface area contributed by atoms with Crippen LogP contribution in [0.3, 0.4) is 0 Å². The van der Waals surface area contributed by atoms with Gasteiger partial charge in [-0.25, -0.2) is 9.48 Å². The number of imidazole rings is 1. The minimum absolute atomic E-state index is 0.0112. The van der Waals surface area contributed by atoms with E-state index in [1.807, 2.05) is 62.3 Å². The summed E-state index contributed by atoms with van der Waals surface area (Å²) in [5.41, 5.74) is 8.17. The van der Waals surface area contributed by atoms with E-state index in [0.717, 1.165) is 58.6 Å². The molecule has 2 aromatic heterocycles. The Bertz CT molecular complexity index is 1580. The molecule has 35 heavy (non-hydrogen) atoms. The summed E-state index contributed by atoms with van der Waals surface area (Å²) in [4.78, 5) is 13.8. The van der Waals surface area contributed by atoms with Gasteiger partial charge in [0, 0.05) is 11.3 Å². The number of aryl methyl sites for hydroxylation is 1. The second kappa shape index (κ2) is 8.91. The molecule has 0 atom stereocenters. The van der Waals surface area contributed by atoms with Gasteiger partial charge in [-0.3, -0.25) is 9.13 Å². The lowest BCUT2D eigenvalue weighted by molar-refractivity contribution is 0.685. The molecule has 0 saturated heterocycles. The number of allylic oxidation sites excluding steroid dienone is 2. The Labute approximate surface area is 204 Å². The van der Waals surface area contributed by atoms with Crippen LogP contribution in [0, 0.1) is 6.92 Å². The summed E-state index contributed by atoms with van der Waals surface area (Å²) >= 11 is 0. The van der Waals surface area contributed by atoms with E-state index in [1.165, 1.54) is 12.0 Å². The number of rotatable bonds is 5. The Balaban J connectivity index is 1.51. The van der Waals surface area contributed by atoms with Gasteiger partial charge in [0.1, 0.15) is 0 Å². The van der Waals surface area contributed by atoms with Gasteiger partial charge in [-0.05, 0) is 62.9 Å². The second-order valence-electron chi connectivity index (χ2n) is 9.27. The zero-order chi connectivity index (χ0) is 23.8. The molecule has 0 amide bonds. The van der Waals surface area contributed by atoms with Crippen LogP contribution in [0.25, 0.3) is 33.7 Å². The summed E-state index contributed by atoms with van der Waals surface area (Å²) in [6.07, 6.45) is 6.51. The van der Waals surface area contributed by atoms with Crippen molar-refractivity contribution in [3.8, 4) is 16.9 Å². The minimum Gasteiger partial charge on any atom is -0.286 e. The average molecular weight is 461 g/mol. The van der Waals surface area contributed by atoms with Crippen molar-refractivity contribution in [1.82, 2.24) is 18.9 Å². The van der Waals surface area contributed by atoms with Gasteiger partial charge in [-0.2, -0.15) is 5.10 Å². The third-order valence-corrected chi connectivity index (χ3v) is 6.84. The molecule has 0 N–H and O–H groups in total. The molecule has 0 bridgehead atoms.